The molecule has 4 heterocycles. The van der Waals surface area contributed by atoms with E-state index >= 15 is 0 Å². The number of unbranched alkanes of at least 4 members (excludes halogenated alkanes) is 32. The second-order valence-electron chi connectivity index (χ2n) is 27.9. The van der Waals surface area contributed by atoms with Crippen molar-refractivity contribution in [3.63, 3.8) is 0 Å². The molecule has 504 valence electrons. The van der Waals surface area contributed by atoms with Crippen molar-refractivity contribution >= 4 is 0 Å². The van der Waals surface area contributed by atoms with Crippen molar-refractivity contribution < 1.29 is 42.6 Å². The van der Waals surface area contributed by atoms with Gasteiger partial charge in [0.15, 0.2) is 0 Å². The Morgan fingerprint density at radius 2 is 0.500 bits per heavy atom. The summed E-state index contributed by atoms with van der Waals surface area (Å²) in [5.41, 5.74) is 11.6. The van der Waals surface area contributed by atoms with Gasteiger partial charge in [-0.2, -0.15) is 0 Å². The highest BCUT2D eigenvalue weighted by molar-refractivity contribution is 5.82. The molecule has 92 heavy (non-hydrogen) atoms. The number of hydrogen-bond donors (Lipinski definition) is 0. The minimum Gasteiger partial charge on any atom is -0.497 e. The fourth-order valence-electron chi connectivity index (χ4n) is 15.9. The molecule has 0 aromatic heterocycles. The summed E-state index contributed by atoms with van der Waals surface area (Å²) < 4.78 is 61.9. The third kappa shape index (κ3) is 18.4. The number of hydrogen-bond acceptors (Lipinski definition) is 9. The van der Waals surface area contributed by atoms with Crippen molar-refractivity contribution in [2.75, 3.05) is 34.3 Å². The van der Waals surface area contributed by atoms with Crippen molar-refractivity contribution in [2.24, 2.45) is 0 Å². The Morgan fingerprint density at radius 1 is 0.272 bits per heavy atom. The largest absolute Gasteiger partial charge is 0.497 e. The molecule has 5 aliphatic rings. The highest BCUT2D eigenvalue weighted by atomic mass is 16.7. The van der Waals surface area contributed by atoms with Crippen molar-refractivity contribution in [1.29, 1.82) is 0 Å². The van der Waals surface area contributed by atoms with E-state index in [9.17, 15) is 0 Å². The van der Waals surface area contributed by atoms with Crippen LogP contribution in [0.4, 0.5) is 0 Å². The third-order valence-corrected chi connectivity index (χ3v) is 21.2. The second kappa shape index (κ2) is 37.4. The van der Waals surface area contributed by atoms with Crippen LogP contribution in [0.15, 0.2) is 66.7 Å². The zero-order valence-corrected chi connectivity index (χ0v) is 57.9. The summed E-state index contributed by atoms with van der Waals surface area (Å²) in [4.78, 5) is 0. The zero-order chi connectivity index (χ0) is 63.5. The summed E-state index contributed by atoms with van der Waals surface area (Å²) in [6, 6.07) is 25.3. The Balaban J connectivity index is 1.17. The van der Waals surface area contributed by atoms with Crippen molar-refractivity contribution in [2.45, 2.75) is 308 Å². The lowest BCUT2D eigenvalue weighted by atomic mass is 9.75. The summed E-state index contributed by atoms with van der Waals surface area (Å²) in [5.74, 6) is 7.24. The van der Waals surface area contributed by atoms with Gasteiger partial charge in [-0.15, -0.1) is 0 Å². The summed E-state index contributed by atoms with van der Waals surface area (Å²) in [5, 5.41) is 0. The maximum atomic E-state index is 7.23. The first-order valence-corrected chi connectivity index (χ1v) is 37.9. The first kappa shape index (κ1) is 69.1. The smallest absolute Gasteiger partial charge is 0.230 e. The zero-order valence-electron chi connectivity index (χ0n) is 57.9. The quantitative estimate of drug-likeness (QED) is 0.0355. The van der Waals surface area contributed by atoms with Gasteiger partial charge in [-0.05, 0) is 67.6 Å². The maximum absolute atomic E-state index is 7.23. The van der Waals surface area contributed by atoms with E-state index in [4.69, 9.17) is 42.6 Å². The van der Waals surface area contributed by atoms with Crippen LogP contribution in [0, 0.1) is 0 Å². The number of ether oxygens (including phenoxy) is 9. The average molecular weight is 1260 g/mol. The normalized spacial score (nSPS) is 17.3. The molecule has 0 fully saturated rings. The van der Waals surface area contributed by atoms with Crippen LogP contribution in [0.5, 0.6) is 51.7 Å². The highest BCUT2D eigenvalue weighted by Gasteiger charge is 2.39. The lowest BCUT2D eigenvalue weighted by molar-refractivity contribution is 0.0990. The molecule has 0 saturated carbocycles. The van der Waals surface area contributed by atoms with Crippen LogP contribution >= 0.6 is 0 Å². The van der Waals surface area contributed by atoms with Crippen LogP contribution in [-0.4, -0.2) is 34.3 Å². The number of methoxy groups -OCH3 is 1. The van der Waals surface area contributed by atoms with Gasteiger partial charge in [-0.3, -0.25) is 0 Å². The monoisotopic (exact) mass is 1260 g/mol. The molecule has 4 unspecified atom stereocenters. The van der Waals surface area contributed by atoms with Crippen LogP contribution in [0.3, 0.4) is 0 Å². The van der Waals surface area contributed by atoms with E-state index in [-0.39, 0.29) is 50.8 Å². The van der Waals surface area contributed by atoms with Crippen LogP contribution in [0.1, 0.15) is 353 Å². The molecule has 5 aromatic rings. The van der Waals surface area contributed by atoms with Crippen LogP contribution in [-0.2, 0) is 0 Å². The summed E-state index contributed by atoms with van der Waals surface area (Å²) in [6.45, 7) is 9.41. The van der Waals surface area contributed by atoms with E-state index in [1.54, 1.807) is 7.11 Å². The van der Waals surface area contributed by atoms with E-state index in [1.165, 1.54) is 250 Å². The van der Waals surface area contributed by atoms with E-state index in [2.05, 4.69) is 94.4 Å². The molecule has 0 N–H and O–H groups in total. The second-order valence-corrected chi connectivity index (χ2v) is 27.9. The standard InChI is InChI=1S/C83H118O9/c1-6-10-14-18-22-26-30-34-38-42-63-67-50-68-64(43-39-35-31-27-23-19-15-11-7-2)70-52-72-66(45-41-37-33-29-25-21-17-13-9-4)74-53-73-65(44-40-36-32-28-24-20-16-12-8-3)71-51-69(63)77-55-79(71)89-59-91-82(73)81(61-46-48-62(84-5)49-47-61)83(74)92-60-90-80(72)56-78(70)88-58-86-76(68)54-75(67)85-57-87-77/h46-56,63-66H,6-45,57-60H2,1-5H3. The summed E-state index contributed by atoms with van der Waals surface area (Å²) in [6.07, 6.45) is 49.3. The Labute approximate surface area is 556 Å². The molecule has 0 spiro atoms. The lowest BCUT2D eigenvalue weighted by Crippen LogP contribution is -2.23. The minimum atomic E-state index is -0.0709. The van der Waals surface area contributed by atoms with Gasteiger partial charge in [0.05, 0.1) is 12.7 Å². The SMILES string of the molecule is CCCCCCCCCCCC1c2cc3c4cc2OCOc2cc5c(cc21)C(CCCCCCCCCCC)c1cc2c(c(-c6ccc(OC)cc6)c1OCO5)OCOc1cc(c(cc1C2CCCCCCCCCCC)C3CCCCCCCCCCC)OCO4. The molecule has 0 saturated heterocycles. The van der Waals surface area contributed by atoms with Gasteiger partial charge in [0.25, 0.3) is 0 Å². The van der Waals surface area contributed by atoms with Gasteiger partial charge >= 0.3 is 0 Å². The fourth-order valence-corrected chi connectivity index (χ4v) is 15.9. The summed E-state index contributed by atoms with van der Waals surface area (Å²) in [7, 11) is 1.74. The van der Waals surface area contributed by atoms with E-state index in [1.807, 2.05) is 0 Å². The molecule has 10 rings (SSSR count). The van der Waals surface area contributed by atoms with Gasteiger partial charge in [0.1, 0.15) is 51.7 Å². The Morgan fingerprint density at radius 3 is 0.761 bits per heavy atom. The maximum Gasteiger partial charge on any atom is 0.230 e. The van der Waals surface area contributed by atoms with Crippen LogP contribution in [0.2, 0.25) is 0 Å². The van der Waals surface area contributed by atoms with Crippen molar-refractivity contribution in [1.82, 2.24) is 0 Å². The predicted molar refractivity (Wildman–Crippen MR) is 377 cm³/mol. The number of benzene rings is 5. The molecule has 4 aliphatic heterocycles. The molecule has 0 radical (unpaired) electrons. The first-order valence-electron chi connectivity index (χ1n) is 37.9. The van der Waals surface area contributed by atoms with Crippen molar-refractivity contribution in [3.05, 3.63) is 111 Å². The molecular formula is C83H118O9. The van der Waals surface area contributed by atoms with Gasteiger partial charge in [-0.25, -0.2) is 0 Å². The first-order chi connectivity index (χ1) is 45.5. The molecule has 0 amide bonds. The van der Waals surface area contributed by atoms with E-state index < -0.39 is 0 Å². The van der Waals surface area contributed by atoms with Crippen molar-refractivity contribution in [3.8, 4) is 62.9 Å². The average Bonchev–Trinajstić information content (AvgIpc) is 0.737. The van der Waals surface area contributed by atoms with Gasteiger partial charge in [0.2, 0.25) is 27.2 Å². The van der Waals surface area contributed by atoms with Crippen LogP contribution in [0.25, 0.3) is 11.1 Å². The highest BCUT2D eigenvalue weighted by Crippen LogP contribution is 2.58. The third-order valence-electron chi connectivity index (χ3n) is 21.2. The molecule has 1 aliphatic carbocycles. The van der Waals surface area contributed by atoms with Gasteiger partial charge in [0, 0.05) is 86.4 Å². The van der Waals surface area contributed by atoms with Gasteiger partial charge < -0.3 is 42.6 Å². The number of rotatable bonds is 42. The molecule has 4 atom stereocenters. The fraction of sp³-hybridized carbons (Fsp3) is 0.639. The minimum absolute atomic E-state index is 0.0174. The topological polar surface area (TPSA) is 83.1 Å². The molecule has 9 heteroatoms. The predicted octanol–water partition coefficient (Wildman–Crippen LogP) is 24.8. The molecule has 5 aromatic carbocycles. The molecular weight excluding hydrogens is 1140 g/mol. The lowest BCUT2D eigenvalue weighted by Gasteiger charge is -2.36. The van der Waals surface area contributed by atoms with E-state index in [0.29, 0.717) is 0 Å². The Kier molecular flexibility index (Phi) is 28.1. The Hall–Kier alpha value is -5.70. The van der Waals surface area contributed by atoms with E-state index in [0.717, 1.165) is 114 Å². The summed E-state index contributed by atoms with van der Waals surface area (Å²) >= 11 is 0. The molecule has 9 nitrogen and oxygen atoms in total. The van der Waals surface area contributed by atoms with Crippen LogP contribution < -0.4 is 42.6 Å². The Bertz CT molecular complexity index is 2830. The van der Waals surface area contributed by atoms with Gasteiger partial charge in [-0.1, -0.05) is 271 Å². The molecule has 8 bridgehead atoms.